The summed E-state index contributed by atoms with van der Waals surface area (Å²) in [5, 5.41) is 0. The van der Waals surface area contributed by atoms with Gasteiger partial charge in [-0.15, -0.1) is 0 Å². The molecule has 127 valence electrons. The second-order valence-corrected chi connectivity index (χ2v) is 4.71. The predicted octanol–water partition coefficient (Wildman–Crippen LogP) is 7.13. The van der Waals surface area contributed by atoms with Gasteiger partial charge in [0.25, 0.3) is 0 Å². The molecule has 0 bridgehead atoms. The van der Waals surface area contributed by atoms with Crippen molar-refractivity contribution in [2.24, 2.45) is 0 Å². The van der Waals surface area contributed by atoms with Crippen LogP contribution in [-0.2, 0) is 32.7 Å². The van der Waals surface area contributed by atoms with Gasteiger partial charge in [0, 0.05) is 38.4 Å². The summed E-state index contributed by atoms with van der Waals surface area (Å²) in [5.74, 6) is 1.77. The van der Waals surface area contributed by atoms with Gasteiger partial charge in [-0.1, -0.05) is 56.3 Å². The molecule has 2 nitrogen and oxygen atoms in total. The van der Waals surface area contributed by atoms with Gasteiger partial charge in [0.15, 0.2) is 11.5 Å². The molecule has 0 N–H and O–H groups in total. The standard InChI is InChI=1S/C18H13NO.C2H6.C2H5.Y/c1-2-8-14(9-3-1)19-15-10-4-6-12-17(15)20-18-13-7-5-11-16(18)19;2*1-2;/h1-13H;1-2H3;1H2,2H3;/q;;-1;. The van der Waals surface area contributed by atoms with Crippen LogP contribution in [0.1, 0.15) is 20.8 Å². The molecule has 25 heavy (non-hydrogen) atoms. The second-order valence-electron chi connectivity index (χ2n) is 4.71. The monoisotopic (exact) mass is 407 g/mol. The van der Waals surface area contributed by atoms with E-state index in [0.29, 0.717) is 0 Å². The summed E-state index contributed by atoms with van der Waals surface area (Å²) in [6.07, 6.45) is 0. The summed E-state index contributed by atoms with van der Waals surface area (Å²) in [6, 6.07) is 26.6. The van der Waals surface area contributed by atoms with E-state index in [1.807, 2.05) is 56.3 Å². The Morgan fingerprint density at radius 1 is 0.640 bits per heavy atom. The van der Waals surface area contributed by atoms with Gasteiger partial charge in [0.05, 0.1) is 11.4 Å². The first-order valence-corrected chi connectivity index (χ1v) is 8.35. The van der Waals surface area contributed by atoms with Crippen molar-refractivity contribution in [2.75, 3.05) is 4.90 Å². The summed E-state index contributed by atoms with van der Waals surface area (Å²) < 4.78 is 5.99. The normalized spacial score (nSPS) is 10.3. The molecule has 0 saturated heterocycles. The third-order valence-corrected chi connectivity index (χ3v) is 3.45. The van der Waals surface area contributed by atoms with Crippen LogP contribution in [0.2, 0.25) is 0 Å². The van der Waals surface area contributed by atoms with Gasteiger partial charge in [-0.05, 0) is 36.4 Å². The molecule has 3 aromatic carbocycles. The first kappa shape index (κ1) is 21.4. The molecule has 4 rings (SSSR count). The van der Waals surface area contributed by atoms with Crippen LogP contribution < -0.4 is 9.64 Å². The number of rotatable bonds is 1. The molecule has 1 radical (unpaired) electrons. The minimum atomic E-state index is 0. The molecule has 0 aromatic heterocycles. The van der Waals surface area contributed by atoms with Crippen LogP contribution in [0.15, 0.2) is 78.9 Å². The molecule has 3 aromatic rings. The fraction of sp³-hybridized carbons (Fsp3) is 0.136. The average Bonchev–Trinajstić information content (AvgIpc) is 2.70. The molecular weight excluding hydrogens is 383 g/mol. The van der Waals surface area contributed by atoms with E-state index < -0.39 is 0 Å². The summed E-state index contributed by atoms with van der Waals surface area (Å²) in [7, 11) is 0. The molecule has 0 amide bonds. The van der Waals surface area contributed by atoms with Crippen molar-refractivity contribution in [1.82, 2.24) is 0 Å². The largest absolute Gasteiger partial charge is 0.453 e. The fourth-order valence-electron chi connectivity index (χ4n) is 2.56. The van der Waals surface area contributed by atoms with Gasteiger partial charge < -0.3 is 16.6 Å². The maximum Gasteiger partial charge on any atom is 0.151 e. The Balaban J connectivity index is 0.000000586. The Hall–Kier alpha value is -1.64. The van der Waals surface area contributed by atoms with E-state index >= 15 is 0 Å². The molecule has 0 unspecified atom stereocenters. The maximum absolute atomic E-state index is 5.99. The molecular formula is C22H24NOY-. The Labute approximate surface area is 176 Å². The predicted molar refractivity (Wildman–Crippen MR) is 104 cm³/mol. The minimum absolute atomic E-state index is 0. The Kier molecular flexibility index (Phi) is 9.48. The number of hydrogen-bond acceptors (Lipinski definition) is 2. The van der Waals surface area contributed by atoms with Crippen molar-refractivity contribution in [3.63, 3.8) is 0 Å². The van der Waals surface area contributed by atoms with Gasteiger partial charge >= 0.3 is 0 Å². The Morgan fingerprint density at radius 2 is 1.04 bits per heavy atom. The summed E-state index contributed by atoms with van der Waals surface area (Å²) in [5.41, 5.74) is 3.27. The average molecular weight is 407 g/mol. The Bertz CT molecular complexity index is 713. The zero-order valence-electron chi connectivity index (χ0n) is 15.1. The number of ether oxygens (including phenoxy) is 1. The van der Waals surface area contributed by atoms with E-state index in [4.69, 9.17) is 4.74 Å². The number of para-hydroxylation sites is 5. The minimum Gasteiger partial charge on any atom is -0.453 e. The third kappa shape index (κ3) is 4.71. The van der Waals surface area contributed by atoms with Gasteiger partial charge in [-0.25, -0.2) is 0 Å². The van der Waals surface area contributed by atoms with Crippen LogP contribution in [0.3, 0.4) is 0 Å². The number of fused-ring (bicyclic) bond motifs is 2. The van der Waals surface area contributed by atoms with Gasteiger partial charge in [0.2, 0.25) is 0 Å². The quantitative estimate of drug-likeness (QED) is 0.311. The molecule has 0 fully saturated rings. The van der Waals surface area contributed by atoms with Crippen LogP contribution in [0, 0.1) is 6.92 Å². The molecule has 3 heteroatoms. The summed E-state index contributed by atoms with van der Waals surface area (Å²) in [6.45, 7) is 9.00. The van der Waals surface area contributed by atoms with Crippen molar-refractivity contribution in [1.29, 1.82) is 0 Å². The zero-order chi connectivity index (χ0) is 17.4. The van der Waals surface area contributed by atoms with Crippen molar-refractivity contribution in [2.45, 2.75) is 20.8 Å². The van der Waals surface area contributed by atoms with Crippen molar-refractivity contribution in [3.8, 4) is 11.5 Å². The molecule has 1 heterocycles. The van der Waals surface area contributed by atoms with Crippen molar-refractivity contribution in [3.05, 3.63) is 85.8 Å². The van der Waals surface area contributed by atoms with Gasteiger partial charge in [0.1, 0.15) is 0 Å². The summed E-state index contributed by atoms with van der Waals surface area (Å²) in [4.78, 5) is 2.23. The fourth-order valence-corrected chi connectivity index (χ4v) is 2.56. The number of nitrogens with zero attached hydrogens (tertiary/aromatic N) is 1. The maximum atomic E-state index is 5.99. The van der Waals surface area contributed by atoms with Gasteiger partial charge in [-0.3, -0.25) is 0 Å². The number of benzene rings is 3. The van der Waals surface area contributed by atoms with E-state index in [1.165, 1.54) is 0 Å². The molecule has 1 aliphatic heterocycles. The molecule has 0 atom stereocenters. The molecule has 0 aliphatic carbocycles. The SMILES string of the molecule is CC.[CH2-]C.[Y].c1ccc(N2c3ccccc3Oc3ccccc32)cc1. The van der Waals surface area contributed by atoms with Crippen molar-refractivity contribution < 1.29 is 37.4 Å². The van der Waals surface area contributed by atoms with Crippen LogP contribution in [-0.4, -0.2) is 0 Å². The first-order valence-electron chi connectivity index (χ1n) is 8.35. The number of anilines is 3. The number of hydrogen-bond donors (Lipinski definition) is 0. The first-order chi connectivity index (χ1) is 11.9. The van der Waals surface area contributed by atoms with E-state index in [-0.39, 0.29) is 32.7 Å². The third-order valence-electron chi connectivity index (χ3n) is 3.45. The van der Waals surface area contributed by atoms with Crippen LogP contribution >= 0.6 is 0 Å². The zero-order valence-corrected chi connectivity index (χ0v) is 18.0. The van der Waals surface area contributed by atoms with Gasteiger partial charge in [-0.2, -0.15) is 6.92 Å². The van der Waals surface area contributed by atoms with E-state index in [9.17, 15) is 0 Å². The van der Waals surface area contributed by atoms with E-state index in [0.717, 1.165) is 28.6 Å². The topological polar surface area (TPSA) is 12.5 Å². The van der Waals surface area contributed by atoms with Crippen molar-refractivity contribution >= 4 is 17.1 Å². The van der Waals surface area contributed by atoms with Crippen LogP contribution in [0.5, 0.6) is 11.5 Å². The smallest absolute Gasteiger partial charge is 0.151 e. The van der Waals surface area contributed by atoms with E-state index in [2.05, 4.69) is 48.2 Å². The van der Waals surface area contributed by atoms with Crippen LogP contribution in [0.4, 0.5) is 17.1 Å². The molecule has 0 saturated carbocycles. The second kappa shape index (κ2) is 11.1. The molecule has 1 aliphatic rings. The summed E-state index contributed by atoms with van der Waals surface area (Å²) >= 11 is 0. The molecule has 0 spiro atoms. The van der Waals surface area contributed by atoms with Crippen LogP contribution in [0.25, 0.3) is 0 Å². The van der Waals surface area contributed by atoms with E-state index in [1.54, 1.807) is 6.92 Å². The Morgan fingerprint density at radius 3 is 1.52 bits per heavy atom.